The summed E-state index contributed by atoms with van der Waals surface area (Å²) < 4.78 is 33.7. The third-order valence-corrected chi connectivity index (χ3v) is 5.87. The van der Waals surface area contributed by atoms with E-state index >= 15 is 0 Å². The van der Waals surface area contributed by atoms with Crippen molar-refractivity contribution in [2.75, 3.05) is 0 Å². The fourth-order valence-corrected chi connectivity index (χ4v) is 4.30. The van der Waals surface area contributed by atoms with Crippen LogP contribution in [0, 0.1) is 0 Å². The summed E-state index contributed by atoms with van der Waals surface area (Å²) in [6, 6.07) is 20.4. The summed E-state index contributed by atoms with van der Waals surface area (Å²) in [5, 5.41) is 0.523. The van der Waals surface area contributed by atoms with Crippen LogP contribution in [0.5, 0.6) is 5.75 Å². The Labute approximate surface area is 165 Å². The van der Waals surface area contributed by atoms with Crippen molar-refractivity contribution in [1.29, 1.82) is 0 Å². The molecular formula is C21H13N3O4S. The van der Waals surface area contributed by atoms with E-state index in [0.717, 1.165) is 0 Å². The molecule has 2 heterocycles. The van der Waals surface area contributed by atoms with Crippen LogP contribution in [0.4, 0.5) is 0 Å². The quantitative estimate of drug-likeness (QED) is 0.554. The molecule has 5 rings (SSSR count). The summed E-state index contributed by atoms with van der Waals surface area (Å²) in [6.45, 7) is 0. The summed E-state index contributed by atoms with van der Waals surface area (Å²) in [7, 11) is -3.74. The van der Waals surface area contributed by atoms with Crippen LogP contribution in [0.25, 0.3) is 22.3 Å². The third-order valence-electron chi connectivity index (χ3n) is 4.55. The number of nitrogens with zero attached hydrogens (tertiary/aromatic N) is 2. The fraction of sp³-hybridized carbons (Fsp3) is 0. The lowest BCUT2D eigenvalue weighted by Crippen LogP contribution is -2.09. The van der Waals surface area contributed by atoms with Crippen LogP contribution in [0.15, 0.2) is 86.9 Å². The van der Waals surface area contributed by atoms with E-state index in [9.17, 15) is 13.2 Å². The number of rotatable bonds is 2. The molecule has 1 aromatic heterocycles. The maximum atomic E-state index is 12.3. The maximum Gasteiger partial charge on any atom is 0.286 e. The average Bonchev–Trinajstić information content (AvgIpc) is 2.99. The first-order valence-electron chi connectivity index (χ1n) is 8.73. The highest BCUT2D eigenvalue weighted by atomic mass is 32.2. The lowest BCUT2D eigenvalue weighted by Gasteiger charge is -2.07. The van der Waals surface area contributed by atoms with Gasteiger partial charge in [0.1, 0.15) is 16.5 Å². The summed E-state index contributed by atoms with van der Waals surface area (Å²) >= 11 is 0. The van der Waals surface area contributed by atoms with Crippen LogP contribution in [0.3, 0.4) is 0 Å². The number of fused-ring (bicyclic) bond motifs is 2. The fourth-order valence-electron chi connectivity index (χ4n) is 3.16. The van der Waals surface area contributed by atoms with Crippen molar-refractivity contribution >= 4 is 26.8 Å². The highest BCUT2D eigenvalue weighted by Gasteiger charge is 2.30. The van der Waals surface area contributed by atoms with Crippen LogP contribution >= 0.6 is 0 Å². The van der Waals surface area contributed by atoms with Crippen LogP contribution in [0.2, 0.25) is 0 Å². The Kier molecular flexibility index (Phi) is 3.82. The number of benzene rings is 3. The number of ether oxygens (including phenoxy) is 1. The molecule has 0 spiro atoms. The molecule has 29 heavy (non-hydrogen) atoms. The number of aromatic nitrogens is 2. The molecule has 0 radical (unpaired) electrons. The summed E-state index contributed by atoms with van der Waals surface area (Å²) in [5.74, 6) is 0.888. The molecule has 7 nitrogen and oxygen atoms in total. The zero-order valence-electron chi connectivity index (χ0n) is 14.9. The smallest absolute Gasteiger partial charge is 0.286 e. The minimum absolute atomic E-state index is 0.0330. The first-order chi connectivity index (χ1) is 14.0. The lowest BCUT2D eigenvalue weighted by molar-refractivity contribution is 0.554. The van der Waals surface area contributed by atoms with Gasteiger partial charge in [-0.05, 0) is 48.5 Å². The van der Waals surface area contributed by atoms with E-state index in [1.165, 1.54) is 6.07 Å². The van der Waals surface area contributed by atoms with E-state index in [1.807, 2.05) is 6.07 Å². The Balaban J connectivity index is 1.47. The van der Waals surface area contributed by atoms with E-state index in [2.05, 4.69) is 14.4 Å². The van der Waals surface area contributed by atoms with Gasteiger partial charge in [0, 0.05) is 5.56 Å². The number of H-pyrrole nitrogens is 1. The molecule has 8 heteroatoms. The van der Waals surface area contributed by atoms with Crippen molar-refractivity contribution < 1.29 is 13.2 Å². The molecule has 1 N–H and O–H groups in total. The largest absolute Gasteiger partial charge is 0.438 e. The number of hydrogen-bond acceptors (Lipinski definition) is 5. The first kappa shape index (κ1) is 17.3. The molecule has 142 valence electrons. The number of hydrogen-bond donors (Lipinski definition) is 1. The monoisotopic (exact) mass is 403 g/mol. The standard InChI is InChI=1S/C21H13N3O4S/c25-20-15-5-1-3-7-17(15)22-19(23-20)13-9-11-14(12-10-13)28-21-16-6-2-4-8-18(16)29(26,27)24-21/h1-12H,(H,22,23,25). The predicted molar refractivity (Wildman–Crippen MR) is 109 cm³/mol. The first-order valence-corrected chi connectivity index (χ1v) is 10.2. The van der Waals surface area contributed by atoms with Gasteiger partial charge in [-0.25, -0.2) is 4.98 Å². The zero-order valence-corrected chi connectivity index (χ0v) is 15.7. The molecule has 0 amide bonds. The zero-order chi connectivity index (χ0) is 20.0. The molecule has 0 saturated heterocycles. The Bertz CT molecular complexity index is 1460. The average molecular weight is 403 g/mol. The molecule has 0 aliphatic carbocycles. The van der Waals surface area contributed by atoms with Crippen molar-refractivity contribution in [1.82, 2.24) is 9.97 Å². The van der Waals surface area contributed by atoms with E-state index < -0.39 is 10.0 Å². The van der Waals surface area contributed by atoms with Gasteiger partial charge in [0.15, 0.2) is 0 Å². The SMILES string of the molecule is O=c1[nH]c(-c2ccc(OC3=NS(=O)(=O)c4ccccc43)cc2)nc2ccccc12. The second-order valence-electron chi connectivity index (χ2n) is 6.43. The third kappa shape index (κ3) is 2.99. The van der Waals surface area contributed by atoms with Gasteiger partial charge >= 0.3 is 0 Å². The van der Waals surface area contributed by atoms with Gasteiger partial charge < -0.3 is 9.72 Å². The van der Waals surface area contributed by atoms with Crippen LogP contribution in [-0.4, -0.2) is 24.3 Å². The summed E-state index contributed by atoms with van der Waals surface area (Å²) in [6.07, 6.45) is 0. The van der Waals surface area contributed by atoms with Gasteiger partial charge in [0.2, 0.25) is 5.90 Å². The topological polar surface area (TPSA) is 101 Å². The van der Waals surface area contributed by atoms with E-state index in [-0.39, 0.29) is 16.4 Å². The van der Waals surface area contributed by atoms with Crippen LogP contribution in [-0.2, 0) is 10.0 Å². The Hall–Kier alpha value is -3.78. The second kappa shape index (κ2) is 6.39. The second-order valence-corrected chi connectivity index (χ2v) is 8.00. The van der Waals surface area contributed by atoms with Crippen LogP contribution in [0.1, 0.15) is 5.56 Å². The van der Waals surface area contributed by atoms with Gasteiger partial charge in [-0.15, -0.1) is 4.40 Å². The molecule has 0 saturated carbocycles. The van der Waals surface area contributed by atoms with Crippen molar-refractivity contribution in [3.05, 3.63) is 88.7 Å². The van der Waals surface area contributed by atoms with Crippen LogP contribution < -0.4 is 10.3 Å². The number of nitrogens with one attached hydrogen (secondary N) is 1. The number of aromatic amines is 1. The molecule has 0 unspecified atom stereocenters. The predicted octanol–water partition coefficient (Wildman–Crippen LogP) is 3.12. The maximum absolute atomic E-state index is 12.3. The highest BCUT2D eigenvalue weighted by Crippen LogP contribution is 2.28. The summed E-state index contributed by atoms with van der Waals surface area (Å²) in [4.78, 5) is 19.6. The van der Waals surface area contributed by atoms with Gasteiger partial charge in [0.25, 0.3) is 15.6 Å². The Morgan fingerprint density at radius 2 is 1.59 bits per heavy atom. The molecule has 1 aliphatic rings. The van der Waals surface area contributed by atoms with Gasteiger partial charge in [-0.2, -0.15) is 8.42 Å². The molecule has 0 atom stereocenters. The molecule has 3 aromatic carbocycles. The van der Waals surface area contributed by atoms with E-state index in [0.29, 0.717) is 33.6 Å². The van der Waals surface area contributed by atoms with E-state index in [4.69, 9.17) is 4.74 Å². The van der Waals surface area contributed by atoms with Gasteiger partial charge in [-0.1, -0.05) is 24.3 Å². The van der Waals surface area contributed by atoms with Crippen molar-refractivity contribution in [2.45, 2.75) is 4.90 Å². The normalized spacial score (nSPS) is 14.4. The molecule has 0 bridgehead atoms. The molecule has 4 aromatic rings. The van der Waals surface area contributed by atoms with Crippen molar-refractivity contribution in [3.63, 3.8) is 0 Å². The summed E-state index contributed by atoms with van der Waals surface area (Å²) in [5.41, 5.74) is 1.51. The highest BCUT2D eigenvalue weighted by molar-refractivity contribution is 7.90. The minimum Gasteiger partial charge on any atom is -0.438 e. The van der Waals surface area contributed by atoms with Crippen molar-refractivity contribution in [2.24, 2.45) is 4.40 Å². The Morgan fingerprint density at radius 1 is 0.862 bits per heavy atom. The molecule has 1 aliphatic heterocycles. The van der Waals surface area contributed by atoms with Gasteiger partial charge in [0.05, 0.1) is 16.5 Å². The molecule has 0 fully saturated rings. The number of para-hydroxylation sites is 1. The molecular weight excluding hydrogens is 390 g/mol. The minimum atomic E-state index is -3.74. The number of sulfonamides is 1. The Morgan fingerprint density at radius 3 is 2.41 bits per heavy atom. The van der Waals surface area contributed by atoms with E-state index in [1.54, 1.807) is 60.7 Å². The lowest BCUT2D eigenvalue weighted by atomic mass is 10.2. The van der Waals surface area contributed by atoms with Gasteiger partial charge in [-0.3, -0.25) is 4.79 Å². The van der Waals surface area contributed by atoms with Crippen molar-refractivity contribution in [3.8, 4) is 17.1 Å².